The molecule has 4 aliphatic carbocycles. The molecule has 6 amide bonds. The number of nitrogens with one attached hydrogen (secondary N) is 7. The summed E-state index contributed by atoms with van der Waals surface area (Å²) in [6.07, 6.45) is 10.9. The van der Waals surface area contributed by atoms with Crippen LogP contribution in [0.2, 0.25) is 0 Å². The van der Waals surface area contributed by atoms with Crippen LogP contribution < -0.4 is 46.9 Å². The maximum Gasteiger partial charge on any atom is 0.271 e. The maximum atomic E-state index is 13.1. The molecule has 2 fully saturated rings. The molecule has 21 nitrogen and oxygen atoms in total. The van der Waals surface area contributed by atoms with Gasteiger partial charge in [0.25, 0.3) is 23.6 Å². The fourth-order valence-corrected chi connectivity index (χ4v) is 14.0. The topological polar surface area (TPSA) is 283 Å². The minimum absolute atomic E-state index is 0.0000516. The number of aromatic hydroxyl groups is 2. The first-order valence-electron chi connectivity index (χ1n) is 32.2. The number of hydrazone groups is 2. The highest BCUT2D eigenvalue weighted by molar-refractivity contribution is 6.03. The van der Waals surface area contributed by atoms with Crippen molar-refractivity contribution in [2.45, 2.75) is 142 Å². The van der Waals surface area contributed by atoms with Gasteiger partial charge in [0.2, 0.25) is 11.8 Å². The zero-order valence-corrected chi connectivity index (χ0v) is 54.5. The van der Waals surface area contributed by atoms with Crippen molar-refractivity contribution in [3.05, 3.63) is 129 Å². The number of nitrogens with zero attached hydrogens (tertiary/aromatic N) is 3. The van der Waals surface area contributed by atoms with Gasteiger partial charge in [-0.1, -0.05) is 53.7 Å². The average molecular weight is 1250 g/mol. The summed E-state index contributed by atoms with van der Waals surface area (Å²) in [4.78, 5) is 78.3. The quantitative estimate of drug-likeness (QED) is 0.0254. The van der Waals surface area contributed by atoms with E-state index in [0.717, 1.165) is 86.9 Å². The van der Waals surface area contributed by atoms with Crippen LogP contribution in [0.4, 0.5) is 0 Å². The Hall–Kier alpha value is -8.30. The van der Waals surface area contributed by atoms with Crippen LogP contribution >= 0.6 is 0 Å². The fourth-order valence-electron chi connectivity index (χ4n) is 14.0. The predicted molar refractivity (Wildman–Crippen MR) is 349 cm³/mol. The molecule has 0 aromatic heterocycles. The number of benzene rings is 4. The van der Waals surface area contributed by atoms with Crippen LogP contribution in [0.3, 0.4) is 0 Å². The van der Waals surface area contributed by atoms with Gasteiger partial charge in [0.15, 0.2) is 23.0 Å². The highest BCUT2D eigenvalue weighted by Crippen LogP contribution is 2.63. The molecule has 2 aliphatic heterocycles. The molecule has 1 saturated heterocycles. The van der Waals surface area contributed by atoms with E-state index in [1.165, 1.54) is 5.56 Å². The zero-order valence-electron chi connectivity index (χ0n) is 54.5. The number of methoxy groups -OCH3 is 2. The lowest BCUT2D eigenvalue weighted by Crippen LogP contribution is -2.65. The van der Waals surface area contributed by atoms with Gasteiger partial charge in [-0.05, 0) is 188 Å². The van der Waals surface area contributed by atoms with Crippen molar-refractivity contribution in [3.63, 3.8) is 0 Å². The summed E-state index contributed by atoms with van der Waals surface area (Å²) in [6, 6.07) is 20.8. The number of likely N-dealkylation sites (N-methyl/N-ethyl adjacent to an activating group) is 1. The summed E-state index contributed by atoms with van der Waals surface area (Å²) in [7, 11) is 7.24. The predicted octanol–water partition coefficient (Wildman–Crippen LogP) is 7.72. The Bertz CT molecular complexity index is 3470. The Labute approximate surface area is 534 Å². The van der Waals surface area contributed by atoms with Crippen LogP contribution in [0, 0.1) is 22.7 Å². The number of carbonyl (C=O) groups is 6. The van der Waals surface area contributed by atoms with E-state index in [-0.39, 0.29) is 58.5 Å². The van der Waals surface area contributed by atoms with E-state index in [1.807, 2.05) is 60.7 Å². The minimum Gasteiger partial charge on any atom is -0.504 e. The Kier molecular flexibility index (Phi) is 21.0. The SMILES string of the molecule is CCC(C)(C)C(=O)NCCCNC(=O)c1ccc(C(=O)N/N=C2/C[C@]3(CCNC)c4c(ccc(OC)c4O)CC[C@H]3C=C2OC)cc1.CCC(C)(C)C(=O)NCCCNC(=O)c1ccc(C(=O)N/N=C2\CC[C@H]3[C@H]4Cc5ccc(O)c6c5[C@@]3(CCN4C)[C@H]2O6)cc1. The standard InChI is InChI=1S/C36H49N5O6.C34H43N5O5/c1-7-35(2,3)34(45)39-19-8-18-38-32(43)24-9-11-25(12-10-24)33(44)41-40-27-22-36(17-20-37-4)26(21-29(27)47-6)15-13-23-14-16-28(46-5)31(42)30(23)36;1-5-33(2,3)32(43)36-17-6-16-35-30(41)20-7-9-21(10-8-20)31(42)38-37-24-13-12-23-25-19-22-11-14-26(40)28-27(22)34(23,29(24)44-28)15-18-39(25)4/h9-12,14,16,21,26,37,42H,7-8,13,15,17-20,22H2,1-6H3,(H,38,43)(H,39,45)(H,41,44);7-11,14,23,25,29,40H,5-6,12-13,15-19H2,1-4H3,(H,35,41)(H,36,43)(H,38,42)/b40-27-;37-24+/t26-,36-;23-,25+,29-,34-/m00/s1. The third-order valence-electron chi connectivity index (χ3n) is 20.2. The van der Waals surface area contributed by atoms with Crippen LogP contribution in [0.5, 0.6) is 23.0 Å². The second kappa shape index (κ2) is 28.5. The molecule has 1 saturated carbocycles. The number of rotatable bonds is 23. The Morgan fingerprint density at radius 2 is 1.22 bits per heavy atom. The molecule has 1 spiro atoms. The van der Waals surface area contributed by atoms with E-state index in [2.05, 4.69) is 65.7 Å². The monoisotopic (exact) mass is 1250 g/mol. The molecule has 2 bridgehead atoms. The third-order valence-corrected chi connectivity index (χ3v) is 20.2. The molecule has 21 heteroatoms. The van der Waals surface area contributed by atoms with Gasteiger partial charge in [-0.2, -0.15) is 10.2 Å². The fraction of sp³-hybridized carbons (Fsp3) is 0.514. The number of phenolic OH excluding ortho intramolecular Hbond substituents is 2. The van der Waals surface area contributed by atoms with E-state index < -0.39 is 22.2 Å². The Morgan fingerprint density at radius 1 is 0.670 bits per heavy atom. The number of likely N-dealkylation sites (tertiary alicyclic amines) is 1. The van der Waals surface area contributed by atoms with Crippen molar-refractivity contribution >= 4 is 46.9 Å². The van der Waals surface area contributed by atoms with Gasteiger partial charge >= 0.3 is 0 Å². The van der Waals surface area contributed by atoms with Gasteiger partial charge in [-0.25, -0.2) is 10.9 Å². The number of hydrogen-bond donors (Lipinski definition) is 9. The number of piperidine rings is 1. The van der Waals surface area contributed by atoms with Gasteiger partial charge in [0.1, 0.15) is 17.6 Å². The van der Waals surface area contributed by atoms with E-state index in [1.54, 1.807) is 74.9 Å². The largest absolute Gasteiger partial charge is 0.504 e. The molecule has 4 aromatic rings. The highest BCUT2D eigenvalue weighted by Gasteiger charge is 2.65. The van der Waals surface area contributed by atoms with E-state index >= 15 is 0 Å². The van der Waals surface area contributed by atoms with Gasteiger partial charge in [0, 0.05) is 93.7 Å². The molecule has 488 valence electrons. The number of aryl methyl sites for hydroxylation is 1. The highest BCUT2D eigenvalue weighted by atomic mass is 16.5. The van der Waals surface area contributed by atoms with Crippen molar-refractivity contribution in [1.29, 1.82) is 0 Å². The lowest BCUT2D eigenvalue weighted by Gasteiger charge is -2.57. The number of allylic oxidation sites excluding steroid dienone is 2. The normalized spacial score (nSPS) is 22.7. The number of amides is 6. The molecule has 91 heavy (non-hydrogen) atoms. The smallest absolute Gasteiger partial charge is 0.271 e. The number of phenols is 2. The molecular formula is C70H92N10O11. The van der Waals surface area contributed by atoms with Crippen LogP contribution in [0.15, 0.2) is 94.8 Å². The summed E-state index contributed by atoms with van der Waals surface area (Å²) in [6.45, 7) is 15.1. The number of fused-ring (bicyclic) bond motifs is 3. The van der Waals surface area contributed by atoms with Crippen LogP contribution in [0.1, 0.15) is 169 Å². The first kappa shape index (κ1) is 67.1. The van der Waals surface area contributed by atoms with Gasteiger partial charge in [-0.3, -0.25) is 28.8 Å². The van der Waals surface area contributed by atoms with Crippen molar-refractivity contribution < 1.29 is 53.2 Å². The number of carbonyl (C=O) groups excluding carboxylic acids is 6. The Morgan fingerprint density at radius 3 is 1.77 bits per heavy atom. The van der Waals surface area contributed by atoms with Crippen molar-refractivity contribution in [2.24, 2.45) is 32.9 Å². The molecule has 6 atom stereocenters. The average Bonchev–Trinajstić information content (AvgIpc) is 1.58. The lowest BCUT2D eigenvalue weighted by molar-refractivity contribution is -0.130. The van der Waals surface area contributed by atoms with Gasteiger partial charge < -0.3 is 55.9 Å². The summed E-state index contributed by atoms with van der Waals surface area (Å²) >= 11 is 0. The third kappa shape index (κ3) is 13.8. The molecule has 9 N–H and O–H groups in total. The molecule has 4 aromatic carbocycles. The summed E-state index contributed by atoms with van der Waals surface area (Å²) < 4.78 is 17.7. The second-order valence-electron chi connectivity index (χ2n) is 26.3. The number of ether oxygens (including phenoxy) is 3. The molecule has 10 rings (SSSR count). The maximum absolute atomic E-state index is 13.1. The first-order chi connectivity index (χ1) is 43.6. The minimum atomic E-state index is -0.479. The molecule has 0 radical (unpaired) electrons. The molecule has 0 unspecified atom stereocenters. The van der Waals surface area contributed by atoms with Crippen molar-refractivity contribution in [1.82, 2.24) is 42.3 Å². The first-order valence-corrected chi connectivity index (χ1v) is 32.2. The van der Waals surface area contributed by atoms with Gasteiger partial charge in [-0.15, -0.1) is 0 Å². The second-order valence-corrected chi connectivity index (χ2v) is 26.3. The van der Waals surface area contributed by atoms with Crippen LogP contribution in [0.25, 0.3) is 0 Å². The molecule has 6 aliphatic rings. The van der Waals surface area contributed by atoms with E-state index in [9.17, 15) is 39.0 Å². The molecule has 2 heterocycles. The van der Waals surface area contributed by atoms with E-state index in [0.29, 0.717) is 109 Å². The van der Waals surface area contributed by atoms with E-state index in [4.69, 9.17) is 14.2 Å². The zero-order chi connectivity index (χ0) is 65.4. The summed E-state index contributed by atoms with van der Waals surface area (Å²) in [5.41, 5.74) is 11.2. The van der Waals surface area contributed by atoms with Crippen LogP contribution in [-0.2, 0) is 38.0 Å². The lowest BCUT2D eigenvalue weighted by atomic mass is 9.51. The van der Waals surface area contributed by atoms with Crippen LogP contribution in [-0.4, -0.2) is 142 Å². The molecular weight excluding hydrogens is 1160 g/mol. The van der Waals surface area contributed by atoms with Crippen molar-refractivity contribution in [3.8, 4) is 23.0 Å². The summed E-state index contributed by atoms with van der Waals surface area (Å²) in [5.74, 6) is 1.15. The number of hydrogen-bond acceptors (Lipinski definition) is 15. The van der Waals surface area contributed by atoms with Gasteiger partial charge in [0.05, 0.1) is 19.9 Å². The summed E-state index contributed by atoms with van der Waals surface area (Å²) in [5, 5.41) is 46.0. The Balaban J connectivity index is 0.000000216. The van der Waals surface area contributed by atoms with Crippen molar-refractivity contribution in [2.75, 3.05) is 67.6 Å².